The fraction of sp³-hybridized carbons (Fsp3) is 0.632. The van der Waals surface area contributed by atoms with E-state index in [1.165, 1.54) is 0 Å². The number of aliphatic hydroxyl groups excluding tert-OH is 1. The Bertz CT molecular complexity index is 808. The van der Waals surface area contributed by atoms with Gasteiger partial charge in [-0.2, -0.15) is 8.42 Å². The summed E-state index contributed by atoms with van der Waals surface area (Å²) in [4.78, 5) is 12.5. The first-order chi connectivity index (χ1) is 13.6. The molecule has 4 rings (SSSR count). The van der Waals surface area contributed by atoms with Crippen LogP contribution in [0.15, 0.2) is 30.3 Å². The van der Waals surface area contributed by atoms with Crippen molar-refractivity contribution in [3.05, 3.63) is 35.9 Å². The second-order valence-corrected chi connectivity index (χ2v) is 9.29. The van der Waals surface area contributed by atoms with E-state index in [0.29, 0.717) is 24.3 Å². The summed E-state index contributed by atoms with van der Waals surface area (Å²) in [6.07, 6.45) is 2.34. The van der Waals surface area contributed by atoms with E-state index in [0.717, 1.165) is 30.0 Å². The number of nitrogens with zero attached hydrogens (tertiary/aromatic N) is 1. The van der Waals surface area contributed by atoms with Gasteiger partial charge in [-0.05, 0) is 5.56 Å². The van der Waals surface area contributed by atoms with Crippen molar-refractivity contribution >= 4 is 16.4 Å². The highest BCUT2D eigenvalue weighted by molar-refractivity contribution is 7.80. The number of ether oxygens (including phenoxy) is 2. The number of quaternary nitrogens is 1. The van der Waals surface area contributed by atoms with Gasteiger partial charge in [0.25, 0.3) is 0 Å². The van der Waals surface area contributed by atoms with Gasteiger partial charge in [0.2, 0.25) is 0 Å². The number of hydrogen-bond donors (Lipinski definition) is 2. The Morgan fingerprint density at radius 3 is 2.17 bits per heavy atom. The second kappa shape index (κ2) is 8.29. The van der Waals surface area contributed by atoms with E-state index in [2.05, 4.69) is 18.3 Å². The number of epoxide rings is 1. The lowest BCUT2D eigenvalue weighted by Gasteiger charge is -2.45. The molecule has 1 aromatic carbocycles. The third kappa shape index (κ3) is 4.79. The molecule has 1 aromatic rings. The molecule has 3 saturated heterocycles. The van der Waals surface area contributed by atoms with E-state index in [9.17, 15) is 18.3 Å². The highest BCUT2D eigenvalue weighted by Gasteiger charge is 2.70. The molecule has 10 heteroatoms. The van der Waals surface area contributed by atoms with Crippen molar-refractivity contribution in [2.24, 2.45) is 0 Å². The molecule has 3 aliphatic heterocycles. The van der Waals surface area contributed by atoms with E-state index in [1.54, 1.807) is 0 Å². The average Bonchev–Trinajstić information content (AvgIpc) is 3.41. The first-order valence-electron chi connectivity index (χ1n) is 9.46. The van der Waals surface area contributed by atoms with E-state index in [1.807, 2.05) is 30.3 Å². The van der Waals surface area contributed by atoms with Crippen LogP contribution in [0.4, 0.5) is 0 Å². The number of esters is 1. The molecule has 0 aliphatic carbocycles. The number of carbonyl (C=O) groups is 1. The third-order valence-electron chi connectivity index (χ3n) is 6.20. The predicted octanol–water partition coefficient (Wildman–Crippen LogP) is 0.498. The highest BCUT2D eigenvalue weighted by Crippen LogP contribution is 2.51. The lowest BCUT2D eigenvalue weighted by molar-refractivity contribution is -0.938. The van der Waals surface area contributed by atoms with Gasteiger partial charge in [-0.15, -0.1) is 0 Å². The number of aliphatic hydroxyl groups is 1. The number of likely N-dealkylation sites (N-methyl/N-ethyl adjacent to an activating group) is 1. The van der Waals surface area contributed by atoms with Gasteiger partial charge in [-0.1, -0.05) is 30.3 Å². The zero-order valence-electron chi connectivity index (χ0n) is 16.7. The Labute approximate surface area is 170 Å². The number of rotatable bonds is 5. The number of hydrogen-bond acceptors (Lipinski definition) is 7. The van der Waals surface area contributed by atoms with Gasteiger partial charge >= 0.3 is 16.4 Å². The Morgan fingerprint density at radius 1 is 1.21 bits per heavy atom. The molecule has 0 radical (unpaired) electrons. The minimum atomic E-state index is -4.16. The lowest BCUT2D eigenvalue weighted by Crippen LogP contribution is -2.60. The molecule has 29 heavy (non-hydrogen) atoms. The molecular weight excluding hydrogens is 402 g/mol. The number of carbonyl (C=O) groups excluding carboxylic acids is 1. The van der Waals surface area contributed by atoms with Crippen LogP contribution in [0.25, 0.3) is 0 Å². The van der Waals surface area contributed by atoms with Gasteiger partial charge in [-0.25, -0.2) is 0 Å². The zero-order valence-corrected chi connectivity index (χ0v) is 17.5. The van der Waals surface area contributed by atoms with Crippen LogP contribution in [-0.4, -0.2) is 86.7 Å². The molecule has 3 aliphatic rings. The van der Waals surface area contributed by atoms with Gasteiger partial charge in [0.05, 0.1) is 27.8 Å². The Balaban J connectivity index is 0.000000353. The van der Waals surface area contributed by atoms with Crippen LogP contribution >= 0.6 is 0 Å². The average molecular weight is 430 g/mol. The van der Waals surface area contributed by atoms with Crippen LogP contribution in [0, 0.1) is 0 Å². The van der Waals surface area contributed by atoms with Gasteiger partial charge in [0, 0.05) is 12.8 Å². The largest absolute Gasteiger partial charge is 0.461 e. The van der Waals surface area contributed by atoms with E-state index < -0.39 is 16.3 Å². The van der Waals surface area contributed by atoms with E-state index >= 15 is 0 Å². The quantitative estimate of drug-likeness (QED) is 0.300. The standard InChI is InChI=1S/C18H24NO4.CH4O4S/c1-19(2)14-8-12(9-15(19)17-16(14)23-17)22-18(21)13(10-20)11-6-4-3-5-7-11;1-5-6(2,3)4/h3-7,12-17,20H,8-10H2,1-2H3;1H3,(H,2,3,4)/q+1;. The van der Waals surface area contributed by atoms with Gasteiger partial charge in [0.1, 0.15) is 36.3 Å². The molecule has 162 valence electrons. The molecule has 3 heterocycles. The van der Waals surface area contributed by atoms with Crippen molar-refractivity contribution < 1.29 is 41.0 Å². The third-order valence-corrected chi connectivity index (χ3v) is 6.62. The molecule has 0 saturated carbocycles. The van der Waals surface area contributed by atoms with Crippen LogP contribution < -0.4 is 0 Å². The van der Waals surface area contributed by atoms with Crippen molar-refractivity contribution in [2.75, 3.05) is 27.8 Å². The maximum atomic E-state index is 12.5. The number of piperidine rings is 1. The molecule has 9 nitrogen and oxygen atoms in total. The Kier molecular flexibility index (Phi) is 6.32. The molecule has 5 atom stereocenters. The van der Waals surface area contributed by atoms with Gasteiger partial charge in [0.15, 0.2) is 0 Å². The van der Waals surface area contributed by atoms with E-state index in [-0.39, 0.29) is 18.7 Å². The maximum Gasteiger partial charge on any atom is 0.397 e. The van der Waals surface area contributed by atoms with Gasteiger partial charge in [-0.3, -0.25) is 13.5 Å². The van der Waals surface area contributed by atoms with Crippen LogP contribution in [0.5, 0.6) is 0 Å². The summed E-state index contributed by atoms with van der Waals surface area (Å²) in [7, 11) is 1.22. The number of fused-ring (bicyclic) bond motifs is 5. The van der Waals surface area contributed by atoms with Crippen molar-refractivity contribution in [3.8, 4) is 0 Å². The Hall–Kier alpha value is -1.56. The van der Waals surface area contributed by atoms with Crippen LogP contribution in [0.3, 0.4) is 0 Å². The molecule has 3 fully saturated rings. The normalized spacial score (nSPS) is 32.4. The summed E-state index contributed by atoms with van der Waals surface area (Å²) in [5, 5.41) is 9.60. The van der Waals surface area contributed by atoms with Crippen molar-refractivity contribution in [1.29, 1.82) is 0 Å². The molecule has 2 N–H and O–H groups in total. The maximum absolute atomic E-state index is 12.5. The van der Waals surface area contributed by atoms with Crippen molar-refractivity contribution in [2.45, 2.75) is 49.2 Å². The highest BCUT2D eigenvalue weighted by atomic mass is 32.3. The zero-order chi connectivity index (χ0) is 21.4. The molecule has 2 bridgehead atoms. The topological polar surface area (TPSA) is 123 Å². The molecule has 0 amide bonds. The first-order valence-corrected chi connectivity index (χ1v) is 10.8. The summed E-state index contributed by atoms with van der Waals surface area (Å²) < 4.78 is 42.2. The van der Waals surface area contributed by atoms with Crippen LogP contribution in [0.2, 0.25) is 0 Å². The summed E-state index contributed by atoms with van der Waals surface area (Å²) in [6, 6.07) is 10.2. The minimum absolute atomic E-state index is 0.0576. The summed E-state index contributed by atoms with van der Waals surface area (Å²) in [6.45, 7) is -0.224. The second-order valence-electron chi connectivity index (χ2n) is 8.10. The molecular formula is C19H28NO8S+. The number of benzene rings is 1. The van der Waals surface area contributed by atoms with Crippen LogP contribution in [-0.2, 0) is 28.9 Å². The predicted molar refractivity (Wildman–Crippen MR) is 102 cm³/mol. The molecule has 0 spiro atoms. The first kappa shape index (κ1) is 22.1. The monoisotopic (exact) mass is 430 g/mol. The SMILES string of the molecule is COS(=O)(=O)O.C[N+]1(C)C2CC(OC(=O)C(CO)c3ccccc3)CC1C1OC12. The van der Waals surface area contributed by atoms with Crippen LogP contribution in [0.1, 0.15) is 24.3 Å². The van der Waals surface area contributed by atoms with Gasteiger partial charge < -0.3 is 19.1 Å². The van der Waals surface area contributed by atoms with Crippen molar-refractivity contribution in [1.82, 2.24) is 0 Å². The smallest absolute Gasteiger partial charge is 0.397 e. The summed E-state index contributed by atoms with van der Waals surface area (Å²) in [5.74, 6) is -0.908. The van der Waals surface area contributed by atoms with Crippen molar-refractivity contribution in [3.63, 3.8) is 0 Å². The fourth-order valence-electron chi connectivity index (χ4n) is 4.55. The molecule has 0 aromatic heterocycles. The number of morpholine rings is 1. The summed E-state index contributed by atoms with van der Waals surface area (Å²) in [5.41, 5.74) is 0.807. The molecule has 5 unspecified atom stereocenters. The summed E-state index contributed by atoms with van der Waals surface area (Å²) >= 11 is 0. The Morgan fingerprint density at radius 2 is 1.72 bits per heavy atom. The van der Waals surface area contributed by atoms with E-state index in [4.69, 9.17) is 14.0 Å². The minimum Gasteiger partial charge on any atom is -0.461 e. The lowest BCUT2D eigenvalue weighted by atomic mass is 9.95. The fourth-order valence-corrected chi connectivity index (χ4v) is 4.55.